The van der Waals surface area contributed by atoms with E-state index in [0.29, 0.717) is 6.54 Å². The van der Waals surface area contributed by atoms with Crippen molar-refractivity contribution < 1.29 is 9.53 Å². The summed E-state index contributed by atoms with van der Waals surface area (Å²) in [5, 5.41) is 6.47. The van der Waals surface area contributed by atoms with Crippen LogP contribution in [0.4, 0.5) is 0 Å². The number of ether oxygens (including phenoxy) is 1. The van der Waals surface area contributed by atoms with Crippen molar-refractivity contribution in [2.24, 2.45) is 5.41 Å². The minimum Gasteiger partial charge on any atom is -0.374 e. The van der Waals surface area contributed by atoms with Gasteiger partial charge in [0.2, 0.25) is 5.91 Å². The van der Waals surface area contributed by atoms with Crippen LogP contribution in [0.3, 0.4) is 0 Å². The number of carbonyl (C=O) groups is 1. The van der Waals surface area contributed by atoms with Gasteiger partial charge >= 0.3 is 0 Å². The molecule has 0 bridgehead atoms. The predicted molar refractivity (Wildman–Crippen MR) is 79.7 cm³/mol. The van der Waals surface area contributed by atoms with Gasteiger partial charge in [-0.05, 0) is 25.9 Å². The van der Waals surface area contributed by atoms with Gasteiger partial charge in [0, 0.05) is 26.2 Å². The van der Waals surface area contributed by atoms with Crippen molar-refractivity contribution in [2.45, 2.75) is 39.2 Å². The topological polar surface area (TPSA) is 53.6 Å². The smallest absolute Gasteiger partial charge is 0.227 e. The lowest BCUT2D eigenvalue weighted by Crippen LogP contribution is -2.50. The van der Waals surface area contributed by atoms with E-state index in [1.807, 2.05) is 0 Å². The monoisotopic (exact) mass is 283 g/mol. The second kappa shape index (κ2) is 7.38. The highest BCUT2D eigenvalue weighted by Gasteiger charge is 2.40. The van der Waals surface area contributed by atoms with Crippen LogP contribution in [0.2, 0.25) is 0 Å². The number of hydrogen-bond acceptors (Lipinski definition) is 4. The molecule has 0 radical (unpaired) electrons. The molecule has 2 aliphatic rings. The Morgan fingerprint density at radius 1 is 1.50 bits per heavy atom. The third-order valence-corrected chi connectivity index (χ3v) is 4.61. The molecule has 2 unspecified atom stereocenters. The second-order valence-electron chi connectivity index (χ2n) is 6.05. The van der Waals surface area contributed by atoms with Crippen molar-refractivity contribution in [1.29, 1.82) is 0 Å². The molecular formula is C15H29N3O2. The first-order valence-corrected chi connectivity index (χ1v) is 8.03. The molecular weight excluding hydrogens is 254 g/mol. The predicted octanol–water partition coefficient (Wildman–Crippen LogP) is 0.603. The zero-order valence-electron chi connectivity index (χ0n) is 12.9. The molecule has 2 fully saturated rings. The van der Waals surface area contributed by atoms with Gasteiger partial charge in [0.15, 0.2) is 0 Å². The Morgan fingerprint density at radius 3 is 3.00 bits per heavy atom. The van der Waals surface area contributed by atoms with Crippen molar-refractivity contribution in [3.8, 4) is 0 Å². The van der Waals surface area contributed by atoms with Gasteiger partial charge in [0.1, 0.15) is 0 Å². The third kappa shape index (κ3) is 3.71. The molecule has 2 aliphatic heterocycles. The maximum Gasteiger partial charge on any atom is 0.227 e. The first-order valence-electron chi connectivity index (χ1n) is 8.03. The van der Waals surface area contributed by atoms with Crippen LogP contribution in [0, 0.1) is 5.41 Å². The summed E-state index contributed by atoms with van der Waals surface area (Å²) >= 11 is 0. The van der Waals surface area contributed by atoms with Gasteiger partial charge in [-0.15, -0.1) is 0 Å². The van der Waals surface area contributed by atoms with E-state index >= 15 is 0 Å². The number of hydrogen-bond donors (Lipinski definition) is 2. The Balaban J connectivity index is 1.81. The number of likely N-dealkylation sites (N-methyl/N-ethyl adjacent to an activating group) is 1. The molecule has 2 rings (SSSR count). The van der Waals surface area contributed by atoms with Crippen molar-refractivity contribution in [1.82, 2.24) is 15.5 Å². The highest BCUT2D eigenvalue weighted by Crippen LogP contribution is 2.31. The summed E-state index contributed by atoms with van der Waals surface area (Å²) in [5.74, 6) is 0.210. The molecule has 2 heterocycles. The quantitative estimate of drug-likeness (QED) is 0.750. The average Bonchev–Trinajstić information content (AvgIpc) is 2.95. The van der Waals surface area contributed by atoms with E-state index in [2.05, 4.69) is 29.4 Å². The molecule has 5 nitrogen and oxygen atoms in total. The van der Waals surface area contributed by atoms with Crippen LogP contribution >= 0.6 is 0 Å². The van der Waals surface area contributed by atoms with Crippen LogP contribution in [-0.2, 0) is 9.53 Å². The fourth-order valence-corrected chi connectivity index (χ4v) is 3.33. The number of nitrogens with one attached hydrogen (secondary N) is 2. The summed E-state index contributed by atoms with van der Waals surface area (Å²) in [6.07, 6.45) is 3.12. The van der Waals surface area contributed by atoms with Gasteiger partial charge in [-0.2, -0.15) is 0 Å². The fourth-order valence-electron chi connectivity index (χ4n) is 3.33. The van der Waals surface area contributed by atoms with Gasteiger partial charge in [0.05, 0.1) is 18.1 Å². The Labute approximate surface area is 122 Å². The third-order valence-electron chi connectivity index (χ3n) is 4.61. The molecule has 0 saturated carbocycles. The molecule has 2 N–H and O–H groups in total. The summed E-state index contributed by atoms with van der Waals surface area (Å²) in [6.45, 7) is 10.5. The minimum atomic E-state index is -0.187. The first kappa shape index (κ1) is 15.7. The summed E-state index contributed by atoms with van der Waals surface area (Å²) in [6, 6.07) is 0. The highest BCUT2D eigenvalue weighted by atomic mass is 16.5. The molecule has 116 valence electrons. The lowest BCUT2D eigenvalue weighted by Gasteiger charge is -2.33. The molecule has 2 saturated heterocycles. The zero-order chi connectivity index (χ0) is 14.4. The van der Waals surface area contributed by atoms with E-state index in [-0.39, 0.29) is 17.4 Å². The normalized spacial score (nSPS) is 31.4. The number of nitrogens with zero attached hydrogens (tertiary/aromatic N) is 1. The van der Waals surface area contributed by atoms with E-state index in [0.717, 1.165) is 58.6 Å². The van der Waals surface area contributed by atoms with E-state index in [4.69, 9.17) is 4.74 Å². The van der Waals surface area contributed by atoms with Crippen LogP contribution in [0.25, 0.3) is 0 Å². The lowest BCUT2D eigenvalue weighted by atomic mass is 9.81. The van der Waals surface area contributed by atoms with Crippen LogP contribution in [0.1, 0.15) is 33.1 Å². The molecule has 0 spiro atoms. The van der Waals surface area contributed by atoms with Crippen LogP contribution in [0.5, 0.6) is 0 Å². The van der Waals surface area contributed by atoms with E-state index in [1.165, 1.54) is 0 Å². The molecule has 2 atom stereocenters. The number of amides is 1. The molecule has 0 aromatic heterocycles. The second-order valence-corrected chi connectivity index (χ2v) is 6.05. The molecule has 20 heavy (non-hydrogen) atoms. The minimum absolute atomic E-state index is 0.140. The summed E-state index contributed by atoms with van der Waals surface area (Å²) < 4.78 is 5.74. The largest absolute Gasteiger partial charge is 0.374 e. The maximum absolute atomic E-state index is 12.5. The summed E-state index contributed by atoms with van der Waals surface area (Å²) in [4.78, 5) is 14.9. The standard InChI is InChI=1S/C15H29N3O2/c1-3-5-15(6-7-16-12-15)14(19)17-10-13-11-18(4-2)8-9-20-13/h13,16H,3-12H2,1-2H3,(H,17,19). The Hall–Kier alpha value is -0.650. The van der Waals surface area contributed by atoms with Gasteiger partial charge < -0.3 is 15.4 Å². The van der Waals surface area contributed by atoms with Crippen LogP contribution < -0.4 is 10.6 Å². The highest BCUT2D eigenvalue weighted by molar-refractivity contribution is 5.83. The lowest BCUT2D eigenvalue weighted by molar-refractivity contribution is -0.131. The maximum atomic E-state index is 12.5. The molecule has 1 amide bonds. The van der Waals surface area contributed by atoms with Gasteiger partial charge in [-0.3, -0.25) is 9.69 Å². The summed E-state index contributed by atoms with van der Waals surface area (Å²) in [5.41, 5.74) is -0.187. The Bertz CT molecular complexity index is 316. The SMILES string of the molecule is CCCC1(C(=O)NCC2CN(CC)CCO2)CCNC1. The van der Waals surface area contributed by atoms with Crippen molar-refractivity contribution >= 4 is 5.91 Å². The molecule has 0 aliphatic carbocycles. The van der Waals surface area contributed by atoms with Crippen LogP contribution in [0.15, 0.2) is 0 Å². The van der Waals surface area contributed by atoms with Gasteiger partial charge in [-0.25, -0.2) is 0 Å². The Kier molecular flexibility index (Phi) is 5.81. The van der Waals surface area contributed by atoms with Crippen LogP contribution in [-0.4, -0.2) is 62.8 Å². The molecule has 0 aromatic carbocycles. The molecule has 0 aromatic rings. The first-order chi connectivity index (χ1) is 9.70. The average molecular weight is 283 g/mol. The van der Waals surface area contributed by atoms with Gasteiger partial charge in [0.25, 0.3) is 0 Å². The zero-order valence-corrected chi connectivity index (χ0v) is 12.9. The van der Waals surface area contributed by atoms with E-state index < -0.39 is 0 Å². The van der Waals surface area contributed by atoms with Crippen molar-refractivity contribution in [3.63, 3.8) is 0 Å². The number of morpholine rings is 1. The van der Waals surface area contributed by atoms with Crippen molar-refractivity contribution in [3.05, 3.63) is 0 Å². The van der Waals surface area contributed by atoms with Crippen molar-refractivity contribution in [2.75, 3.05) is 45.9 Å². The summed E-state index contributed by atoms with van der Waals surface area (Å²) in [7, 11) is 0. The Morgan fingerprint density at radius 2 is 2.35 bits per heavy atom. The number of rotatable bonds is 6. The van der Waals surface area contributed by atoms with E-state index in [1.54, 1.807) is 0 Å². The van der Waals surface area contributed by atoms with E-state index in [9.17, 15) is 4.79 Å². The number of carbonyl (C=O) groups excluding carboxylic acids is 1. The van der Waals surface area contributed by atoms with Gasteiger partial charge in [-0.1, -0.05) is 20.3 Å². The molecule has 5 heteroatoms. The fraction of sp³-hybridized carbons (Fsp3) is 0.933.